The van der Waals surface area contributed by atoms with E-state index in [9.17, 15) is 5.11 Å². The van der Waals surface area contributed by atoms with Crippen molar-refractivity contribution in [3.05, 3.63) is 95.6 Å². The Morgan fingerprint density at radius 2 is 1.50 bits per heavy atom. The number of fused-ring (bicyclic) bond motifs is 1. The fraction of sp³-hybridized carbons (Fsp3) is 0.136. The Hall–Kier alpha value is -2.87. The van der Waals surface area contributed by atoms with E-state index in [0.717, 1.165) is 23.3 Å². The second kappa shape index (κ2) is 5.64. The van der Waals surface area contributed by atoms with Gasteiger partial charge in [0.2, 0.25) is 0 Å². The molecule has 24 heavy (non-hydrogen) atoms. The van der Waals surface area contributed by atoms with Crippen molar-refractivity contribution in [3.8, 4) is 5.75 Å². The van der Waals surface area contributed by atoms with Gasteiger partial charge in [0.25, 0.3) is 0 Å². The summed E-state index contributed by atoms with van der Waals surface area (Å²) >= 11 is 0. The van der Waals surface area contributed by atoms with Gasteiger partial charge < -0.3 is 5.11 Å². The van der Waals surface area contributed by atoms with Crippen LogP contribution >= 0.6 is 0 Å². The highest BCUT2D eigenvalue weighted by atomic mass is 16.3. The highest BCUT2D eigenvalue weighted by Crippen LogP contribution is 2.48. The van der Waals surface area contributed by atoms with E-state index >= 15 is 0 Å². The van der Waals surface area contributed by atoms with Crippen LogP contribution in [0.15, 0.2) is 83.9 Å². The number of aliphatic imine (C=N–C) groups is 1. The first-order valence-electron chi connectivity index (χ1n) is 8.19. The molecule has 0 radical (unpaired) electrons. The fourth-order valence-corrected chi connectivity index (χ4v) is 3.56. The van der Waals surface area contributed by atoms with E-state index in [1.165, 1.54) is 5.56 Å². The van der Waals surface area contributed by atoms with Crippen molar-refractivity contribution in [3.63, 3.8) is 0 Å². The van der Waals surface area contributed by atoms with Crippen LogP contribution in [0.5, 0.6) is 5.75 Å². The number of aromatic hydroxyl groups is 1. The van der Waals surface area contributed by atoms with Crippen molar-refractivity contribution >= 4 is 11.4 Å². The molecule has 0 aromatic heterocycles. The Labute approximate surface area is 142 Å². The standard InChI is InChI=1S/C22H19NO/c1-22(17-11-6-3-7-12-17)15-19(16-9-4-2-5-10-16)23-21-18(22)13-8-14-20(21)24/h2-14,24H,15H2,1H3/t22-/m0/s1. The van der Waals surface area contributed by atoms with Crippen molar-refractivity contribution in [2.24, 2.45) is 4.99 Å². The molecule has 0 fully saturated rings. The van der Waals surface area contributed by atoms with Crippen LogP contribution in [0, 0.1) is 0 Å². The Morgan fingerprint density at radius 3 is 2.21 bits per heavy atom. The van der Waals surface area contributed by atoms with Crippen LogP contribution in [0.1, 0.15) is 30.0 Å². The predicted molar refractivity (Wildman–Crippen MR) is 98.3 cm³/mol. The number of phenolic OH excluding ortho intramolecular Hbond substituents is 1. The molecule has 2 nitrogen and oxygen atoms in total. The molecule has 0 bridgehead atoms. The van der Waals surface area contributed by atoms with Crippen LogP contribution in [0.2, 0.25) is 0 Å². The second-order valence-corrected chi connectivity index (χ2v) is 6.47. The Kier molecular flexibility index (Phi) is 3.46. The molecule has 3 aromatic carbocycles. The van der Waals surface area contributed by atoms with Crippen molar-refractivity contribution in [1.29, 1.82) is 0 Å². The lowest BCUT2D eigenvalue weighted by Gasteiger charge is -2.36. The maximum atomic E-state index is 10.4. The molecule has 1 N–H and O–H groups in total. The lowest BCUT2D eigenvalue weighted by Crippen LogP contribution is -2.30. The minimum atomic E-state index is -0.220. The minimum Gasteiger partial charge on any atom is -0.506 e. The van der Waals surface area contributed by atoms with E-state index in [-0.39, 0.29) is 11.2 Å². The first kappa shape index (κ1) is 14.7. The van der Waals surface area contributed by atoms with Gasteiger partial charge in [0.05, 0.1) is 0 Å². The average molecular weight is 313 g/mol. The quantitative estimate of drug-likeness (QED) is 0.691. The summed E-state index contributed by atoms with van der Waals surface area (Å²) in [5.41, 5.74) is 4.90. The van der Waals surface area contributed by atoms with Crippen LogP contribution in [0.3, 0.4) is 0 Å². The number of para-hydroxylation sites is 1. The SMILES string of the molecule is C[C@@]1(c2ccccc2)CC(c2ccccc2)=Nc2c(O)cccc21. The lowest BCUT2D eigenvalue weighted by molar-refractivity contribution is 0.472. The van der Waals surface area contributed by atoms with Crippen LogP contribution in [0.25, 0.3) is 0 Å². The molecular formula is C22H19NO. The predicted octanol–water partition coefficient (Wildman–Crippen LogP) is 5.22. The van der Waals surface area contributed by atoms with Crippen molar-refractivity contribution < 1.29 is 5.11 Å². The van der Waals surface area contributed by atoms with Gasteiger partial charge in [-0.25, -0.2) is 4.99 Å². The lowest BCUT2D eigenvalue weighted by atomic mass is 9.70. The third-order valence-corrected chi connectivity index (χ3v) is 4.89. The molecule has 0 unspecified atom stereocenters. The molecule has 0 amide bonds. The van der Waals surface area contributed by atoms with Crippen molar-refractivity contribution in [2.75, 3.05) is 0 Å². The first-order valence-corrected chi connectivity index (χ1v) is 8.19. The summed E-state index contributed by atoms with van der Waals surface area (Å²) in [6.07, 6.45) is 0.803. The number of phenols is 1. The van der Waals surface area contributed by atoms with E-state index in [2.05, 4.69) is 49.4 Å². The molecule has 0 saturated carbocycles. The molecule has 1 heterocycles. The van der Waals surface area contributed by atoms with E-state index in [0.29, 0.717) is 5.69 Å². The maximum Gasteiger partial charge on any atom is 0.141 e. The van der Waals surface area contributed by atoms with Gasteiger partial charge in [0.15, 0.2) is 0 Å². The molecule has 1 aliphatic heterocycles. The minimum absolute atomic E-state index is 0.220. The second-order valence-electron chi connectivity index (χ2n) is 6.47. The van der Waals surface area contributed by atoms with Gasteiger partial charge in [-0.15, -0.1) is 0 Å². The summed E-state index contributed by atoms with van der Waals surface area (Å²) < 4.78 is 0. The third-order valence-electron chi connectivity index (χ3n) is 4.89. The van der Waals surface area contributed by atoms with Crippen molar-refractivity contribution in [1.82, 2.24) is 0 Å². The van der Waals surface area contributed by atoms with Crippen LogP contribution < -0.4 is 0 Å². The summed E-state index contributed by atoms with van der Waals surface area (Å²) in [5, 5.41) is 10.4. The van der Waals surface area contributed by atoms with Gasteiger partial charge in [-0.05, 0) is 22.8 Å². The summed E-state index contributed by atoms with van der Waals surface area (Å²) in [7, 11) is 0. The largest absolute Gasteiger partial charge is 0.506 e. The molecular weight excluding hydrogens is 294 g/mol. The number of nitrogens with zero attached hydrogens (tertiary/aromatic N) is 1. The number of benzene rings is 3. The smallest absolute Gasteiger partial charge is 0.141 e. The Morgan fingerprint density at radius 1 is 0.833 bits per heavy atom. The molecule has 3 aromatic rings. The van der Waals surface area contributed by atoms with Gasteiger partial charge in [0.1, 0.15) is 11.4 Å². The van der Waals surface area contributed by atoms with Gasteiger partial charge in [-0.1, -0.05) is 79.7 Å². The van der Waals surface area contributed by atoms with Gasteiger partial charge in [0, 0.05) is 17.5 Å². The highest BCUT2D eigenvalue weighted by molar-refractivity contribution is 6.05. The molecule has 0 spiro atoms. The zero-order valence-electron chi connectivity index (χ0n) is 13.6. The van der Waals surface area contributed by atoms with Gasteiger partial charge in [-0.3, -0.25) is 0 Å². The summed E-state index contributed by atoms with van der Waals surface area (Å²) in [6, 6.07) is 26.4. The van der Waals surface area contributed by atoms with Gasteiger partial charge >= 0.3 is 0 Å². The topological polar surface area (TPSA) is 32.6 Å². The average Bonchev–Trinajstić information content (AvgIpc) is 2.64. The molecule has 0 saturated heterocycles. The zero-order chi connectivity index (χ0) is 16.6. The molecule has 2 heteroatoms. The molecule has 118 valence electrons. The van der Waals surface area contributed by atoms with Crippen LogP contribution in [-0.2, 0) is 5.41 Å². The monoisotopic (exact) mass is 313 g/mol. The number of rotatable bonds is 2. The molecule has 1 aliphatic rings. The molecule has 1 atom stereocenters. The summed E-state index contributed by atoms with van der Waals surface area (Å²) in [6.45, 7) is 2.23. The summed E-state index contributed by atoms with van der Waals surface area (Å²) in [4.78, 5) is 4.80. The number of hydrogen-bond acceptors (Lipinski definition) is 2. The molecule has 4 rings (SSSR count). The number of hydrogen-bond donors (Lipinski definition) is 1. The van der Waals surface area contributed by atoms with Crippen molar-refractivity contribution in [2.45, 2.75) is 18.8 Å². The van der Waals surface area contributed by atoms with E-state index in [1.54, 1.807) is 6.07 Å². The summed E-state index contributed by atoms with van der Waals surface area (Å²) in [5.74, 6) is 0.239. The van der Waals surface area contributed by atoms with E-state index in [1.807, 2.05) is 30.3 Å². The van der Waals surface area contributed by atoms with E-state index in [4.69, 9.17) is 4.99 Å². The van der Waals surface area contributed by atoms with Gasteiger partial charge in [-0.2, -0.15) is 0 Å². The first-order chi connectivity index (χ1) is 11.7. The normalized spacial score (nSPS) is 19.5. The maximum absolute atomic E-state index is 10.4. The van der Waals surface area contributed by atoms with Crippen LogP contribution in [0.4, 0.5) is 5.69 Å². The fourth-order valence-electron chi connectivity index (χ4n) is 3.56. The third kappa shape index (κ3) is 2.31. The Bertz CT molecular complexity index is 900. The zero-order valence-corrected chi connectivity index (χ0v) is 13.6. The Balaban J connectivity index is 1.95. The highest BCUT2D eigenvalue weighted by Gasteiger charge is 2.37. The molecule has 0 aliphatic carbocycles. The van der Waals surface area contributed by atoms with Crippen LogP contribution in [-0.4, -0.2) is 10.8 Å². The van der Waals surface area contributed by atoms with E-state index < -0.39 is 0 Å².